The number of rotatable bonds is 8. The molecule has 1 unspecified atom stereocenters. The van der Waals surface area contributed by atoms with E-state index in [1.807, 2.05) is 39.0 Å². The summed E-state index contributed by atoms with van der Waals surface area (Å²) in [6.45, 7) is 9.02. The molecule has 30 heavy (non-hydrogen) atoms. The van der Waals surface area contributed by atoms with Crippen molar-refractivity contribution in [1.29, 1.82) is 0 Å². The number of carbonyl (C=O) groups excluding carboxylic acids is 1. The molecule has 8 heteroatoms. The van der Waals surface area contributed by atoms with Crippen LogP contribution in [0.4, 0.5) is 0 Å². The molecule has 0 aliphatic heterocycles. The standard InChI is InChI=1S/C22H26BrN3O3S/c1-6-25-21(28)18-10-16(23)7-8-19(18)24-22(25)30-12-20(27)17-9-13(2)26(15(17)4)14(3)11-29-5/h7-10,14H,6,11-12H2,1-5H3. The fourth-order valence-electron chi connectivity index (χ4n) is 3.82. The lowest BCUT2D eigenvalue weighted by Crippen LogP contribution is -2.23. The molecule has 0 N–H and O–H groups in total. The van der Waals surface area contributed by atoms with Crippen molar-refractivity contribution in [3.05, 3.63) is 56.0 Å². The van der Waals surface area contributed by atoms with Crippen LogP contribution in [0.15, 0.2) is 38.7 Å². The number of thioether (sulfide) groups is 1. The number of hydrogen-bond donors (Lipinski definition) is 0. The van der Waals surface area contributed by atoms with Crippen molar-refractivity contribution in [3.8, 4) is 0 Å². The van der Waals surface area contributed by atoms with Crippen LogP contribution in [0, 0.1) is 13.8 Å². The maximum atomic E-state index is 13.0. The van der Waals surface area contributed by atoms with Gasteiger partial charge >= 0.3 is 0 Å². The number of halogens is 1. The molecule has 0 radical (unpaired) electrons. The Balaban J connectivity index is 1.88. The molecule has 0 aliphatic carbocycles. The number of carbonyl (C=O) groups is 1. The molecule has 2 heterocycles. The van der Waals surface area contributed by atoms with Crippen LogP contribution in [0.3, 0.4) is 0 Å². The maximum absolute atomic E-state index is 13.0. The predicted molar refractivity (Wildman–Crippen MR) is 125 cm³/mol. The molecule has 0 spiro atoms. The van der Waals surface area contributed by atoms with Crippen LogP contribution < -0.4 is 5.56 Å². The Kier molecular flexibility index (Phi) is 7.21. The van der Waals surface area contributed by atoms with Crippen LogP contribution in [-0.2, 0) is 11.3 Å². The third kappa shape index (κ3) is 4.40. The second-order valence-corrected chi connectivity index (χ2v) is 9.13. The Bertz CT molecular complexity index is 1150. The van der Waals surface area contributed by atoms with Crippen molar-refractivity contribution in [2.24, 2.45) is 0 Å². The number of benzene rings is 1. The van der Waals surface area contributed by atoms with Crippen LogP contribution in [0.2, 0.25) is 0 Å². The molecule has 160 valence electrons. The van der Waals surface area contributed by atoms with Crippen molar-refractivity contribution in [2.45, 2.75) is 45.4 Å². The number of ether oxygens (including phenoxy) is 1. The molecule has 0 saturated heterocycles. The van der Waals surface area contributed by atoms with E-state index in [1.54, 1.807) is 17.7 Å². The van der Waals surface area contributed by atoms with Crippen LogP contribution in [0.1, 0.15) is 41.6 Å². The normalized spacial score (nSPS) is 12.5. The van der Waals surface area contributed by atoms with E-state index in [1.165, 1.54) is 11.8 Å². The fourth-order valence-corrected chi connectivity index (χ4v) is 5.13. The number of hydrogen-bond acceptors (Lipinski definition) is 5. The van der Waals surface area contributed by atoms with E-state index in [-0.39, 0.29) is 23.1 Å². The van der Waals surface area contributed by atoms with E-state index in [0.29, 0.717) is 34.8 Å². The van der Waals surface area contributed by atoms with Crippen LogP contribution in [0.5, 0.6) is 0 Å². The van der Waals surface area contributed by atoms with Gasteiger partial charge in [-0.1, -0.05) is 27.7 Å². The molecule has 1 atom stereocenters. The van der Waals surface area contributed by atoms with E-state index >= 15 is 0 Å². The Morgan fingerprint density at radius 1 is 1.30 bits per heavy atom. The minimum Gasteiger partial charge on any atom is -0.383 e. The van der Waals surface area contributed by atoms with Gasteiger partial charge in [0.25, 0.3) is 5.56 Å². The van der Waals surface area contributed by atoms with Crippen LogP contribution >= 0.6 is 27.7 Å². The van der Waals surface area contributed by atoms with Crippen LogP contribution in [-0.4, -0.2) is 39.4 Å². The summed E-state index contributed by atoms with van der Waals surface area (Å²) in [6, 6.07) is 7.55. The topological polar surface area (TPSA) is 66.1 Å². The summed E-state index contributed by atoms with van der Waals surface area (Å²) in [5.74, 6) is 0.244. The van der Waals surface area contributed by atoms with Gasteiger partial charge in [-0.3, -0.25) is 14.2 Å². The lowest BCUT2D eigenvalue weighted by molar-refractivity contribution is 0.102. The summed E-state index contributed by atoms with van der Waals surface area (Å²) in [5, 5.41) is 1.13. The van der Waals surface area contributed by atoms with Gasteiger partial charge in [-0.25, -0.2) is 4.98 Å². The van der Waals surface area contributed by atoms with Crippen LogP contribution in [0.25, 0.3) is 10.9 Å². The number of aromatic nitrogens is 3. The zero-order valence-electron chi connectivity index (χ0n) is 17.9. The summed E-state index contributed by atoms with van der Waals surface area (Å²) in [4.78, 5) is 30.5. The van der Waals surface area contributed by atoms with Crippen molar-refractivity contribution < 1.29 is 9.53 Å². The zero-order valence-corrected chi connectivity index (χ0v) is 20.3. The number of aryl methyl sites for hydroxylation is 1. The number of ketones is 1. The first-order chi connectivity index (χ1) is 14.3. The van der Waals surface area contributed by atoms with Crippen molar-refractivity contribution >= 4 is 44.4 Å². The molecule has 0 amide bonds. The van der Waals surface area contributed by atoms with Crippen molar-refractivity contribution in [3.63, 3.8) is 0 Å². The molecule has 0 fully saturated rings. The molecule has 1 aromatic carbocycles. The Labute approximate surface area is 188 Å². The molecule has 6 nitrogen and oxygen atoms in total. The van der Waals surface area contributed by atoms with Gasteiger partial charge in [0.1, 0.15) is 0 Å². The smallest absolute Gasteiger partial charge is 0.262 e. The third-order valence-corrected chi connectivity index (χ3v) is 6.63. The summed E-state index contributed by atoms with van der Waals surface area (Å²) in [7, 11) is 1.68. The maximum Gasteiger partial charge on any atom is 0.262 e. The van der Waals surface area contributed by atoms with Gasteiger partial charge in [0.2, 0.25) is 0 Å². The predicted octanol–water partition coefficient (Wildman–Crippen LogP) is 4.78. The second-order valence-electron chi connectivity index (χ2n) is 7.28. The van der Waals surface area contributed by atoms with Gasteiger partial charge in [0.15, 0.2) is 10.9 Å². The van der Waals surface area contributed by atoms with Gasteiger partial charge in [0, 0.05) is 35.1 Å². The monoisotopic (exact) mass is 491 g/mol. The third-order valence-electron chi connectivity index (χ3n) is 5.16. The number of Topliss-reactive ketones (excluding diaryl/α,β-unsaturated/α-hetero) is 1. The minimum absolute atomic E-state index is 0.0248. The summed E-state index contributed by atoms with van der Waals surface area (Å²) < 4.78 is 9.86. The zero-order chi connectivity index (χ0) is 22.0. The van der Waals surface area contributed by atoms with E-state index in [4.69, 9.17) is 4.74 Å². The highest BCUT2D eigenvalue weighted by molar-refractivity contribution is 9.10. The minimum atomic E-state index is -0.0923. The number of nitrogens with zero attached hydrogens (tertiary/aromatic N) is 3. The molecule has 2 aromatic heterocycles. The van der Waals surface area contributed by atoms with Gasteiger partial charge < -0.3 is 9.30 Å². The van der Waals surface area contributed by atoms with Crippen molar-refractivity contribution in [2.75, 3.05) is 19.5 Å². The first-order valence-corrected chi connectivity index (χ1v) is 11.6. The fraction of sp³-hybridized carbons (Fsp3) is 0.409. The number of methoxy groups -OCH3 is 1. The van der Waals surface area contributed by atoms with E-state index in [2.05, 4.69) is 32.4 Å². The molecule has 0 bridgehead atoms. The quantitative estimate of drug-likeness (QED) is 0.257. The summed E-state index contributed by atoms with van der Waals surface area (Å²) in [6.07, 6.45) is 0. The average molecular weight is 492 g/mol. The highest BCUT2D eigenvalue weighted by atomic mass is 79.9. The molecule has 3 rings (SSSR count). The molecule has 3 aromatic rings. The highest BCUT2D eigenvalue weighted by Gasteiger charge is 2.20. The van der Waals surface area contributed by atoms with Gasteiger partial charge in [0.05, 0.1) is 29.3 Å². The molecule has 0 aliphatic rings. The Hall–Kier alpha value is -1.90. The molecular weight excluding hydrogens is 466 g/mol. The number of fused-ring (bicyclic) bond motifs is 1. The Morgan fingerprint density at radius 3 is 2.70 bits per heavy atom. The summed E-state index contributed by atoms with van der Waals surface area (Å²) >= 11 is 4.71. The van der Waals surface area contributed by atoms with Gasteiger partial charge in [-0.2, -0.15) is 0 Å². The highest BCUT2D eigenvalue weighted by Crippen LogP contribution is 2.25. The lowest BCUT2D eigenvalue weighted by atomic mass is 10.2. The first kappa shape index (κ1) is 22.8. The van der Waals surface area contributed by atoms with Gasteiger partial charge in [-0.15, -0.1) is 0 Å². The summed E-state index contributed by atoms with van der Waals surface area (Å²) in [5.41, 5.74) is 3.22. The lowest BCUT2D eigenvalue weighted by Gasteiger charge is -2.17. The van der Waals surface area contributed by atoms with E-state index < -0.39 is 0 Å². The molecule has 0 saturated carbocycles. The largest absolute Gasteiger partial charge is 0.383 e. The molecular formula is C22H26BrN3O3S. The first-order valence-electron chi connectivity index (χ1n) is 9.81. The average Bonchev–Trinajstić information content (AvgIpc) is 3.01. The second kappa shape index (κ2) is 9.49. The van der Waals surface area contributed by atoms with Crippen molar-refractivity contribution in [1.82, 2.24) is 14.1 Å². The van der Waals surface area contributed by atoms with Gasteiger partial charge in [-0.05, 0) is 52.0 Å². The van der Waals surface area contributed by atoms with E-state index in [0.717, 1.165) is 15.9 Å². The van der Waals surface area contributed by atoms with E-state index in [9.17, 15) is 9.59 Å². The SMILES string of the molecule is CCn1c(SCC(=O)c2cc(C)n(C(C)COC)c2C)nc2ccc(Br)cc2c1=O. The Morgan fingerprint density at radius 2 is 2.03 bits per heavy atom.